The molecular weight excluding hydrogens is 616 g/mol. The van der Waals surface area contributed by atoms with Crippen LogP contribution in [-0.2, 0) is 19.1 Å². The van der Waals surface area contributed by atoms with Gasteiger partial charge in [-0.3, -0.25) is 4.79 Å². The molecule has 0 amide bonds. The minimum absolute atomic E-state index is 0.0230. The molecule has 0 aromatic rings. The van der Waals surface area contributed by atoms with E-state index in [1.807, 2.05) is 20.8 Å². The van der Waals surface area contributed by atoms with Crippen molar-refractivity contribution in [2.45, 2.75) is 119 Å². The van der Waals surface area contributed by atoms with Crippen LogP contribution in [0.15, 0.2) is 21.2 Å². The van der Waals surface area contributed by atoms with Gasteiger partial charge in [-0.2, -0.15) is 0 Å². The molecule has 4 aliphatic carbocycles. The Kier molecular flexibility index (Phi) is 9.95. The summed E-state index contributed by atoms with van der Waals surface area (Å²) >= 11 is 9.59. The summed E-state index contributed by atoms with van der Waals surface area (Å²) in [6.07, 6.45) is 5.43. The first-order valence-corrected chi connectivity index (χ1v) is 16.9. The van der Waals surface area contributed by atoms with Gasteiger partial charge in [0.25, 0.3) is 0 Å². The fourth-order valence-corrected chi connectivity index (χ4v) is 10.6. The lowest BCUT2D eigenvalue weighted by atomic mass is 9.36. The van der Waals surface area contributed by atoms with E-state index < -0.39 is 24.8 Å². The van der Waals surface area contributed by atoms with Gasteiger partial charge in [-0.1, -0.05) is 61.4 Å². The quantitative estimate of drug-likeness (QED) is 0.126. The first-order chi connectivity index (χ1) is 19.5. The largest absolute Gasteiger partial charge is 0.428 e. The van der Waals surface area contributed by atoms with Crippen LogP contribution in [0.3, 0.4) is 0 Å². The van der Waals surface area contributed by atoms with Crippen molar-refractivity contribution in [3.05, 3.63) is 21.2 Å². The Labute approximate surface area is 266 Å². The number of halogens is 1. The topological polar surface area (TPSA) is 93.1 Å². The molecule has 10 atom stereocenters. The summed E-state index contributed by atoms with van der Waals surface area (Å²) in [5.74, 6) is -0.381. The molecule has 0 aromatic heterocycles. The monoisotopic (exact) mass is 666 g/mol. The number of fused-ring (bicyclic) bond motifs is 5. The maximum absolute atomic E-state index is 13.8. The molecule has 0 saturated heterocycles. The van der Waals surface area contributed by atoms with E-state index in [1.54, 1.807) is 0 Å². The Morgan fingerprint density at radius 2 is 1.64 bits per heavy atom. The number of ether oxygens (including phenoxy) is 2. The molecule has 236 valence electrons. The van der Waals surface area contributed by atoms with Crippen LogP contribution in [0.25, 0.3) is 0 Å². The van der Waals surface area contributed by atoms with Crippen molar-refractivity contribution in [3.63, 3.8) is 0 Å². The van der Waals surface area contributed by atoms with E-state index in [0.29, 0.717) is 30.8 Å². The number of carbonyl (C=O) groups excluding carboxylic acids is 2. The molecule has 8 heteroatoms. The van der Waals surface area contributed by atoms with Gasteiger partial charge in [0.2, 0.25) is 6.79 Å². The third kappa shape index (κ3) is 5.60. The molecule has 0 heterocycles. The summed E-state index contributed by atoms with van der Waals surface area (Å²) in [4.78, 5) is 26.0. The maximum atomic E-state index is 13.8. The lowest BCUT2D eigenvalue weighted by Gasteiger charge is -2.69. The molecule has 1 unspecified atom stereocenters. The molecule has 4 aliphatic rings. The highest BCUT2D eigenvalue weighted by Crippen LogP contribution is 2.75. The van der Waals surface area contributed by atoms with Crippen LogP contribution in [0.4, 0.5) is 0 Å². The molecule has 0 radical (unpaired) electrons. The predicted molar refractivity (Wildman–Crippen MR) is 172 cm³/mol. The van der Waals surface area contributed by atoms with Crippen LogP contribution < -0.4 is 0 Å². The van der Waals surface area contributed by atoms with Crippen LogP contribution in [0.5, 0.6) is 0 Å². The van der Waals surface area contributed by atoms with E-state index in [0.717, 1.165) is 52.6 Å². The van der Waals surface area contributed by atoms with Crippen LogP contribution in [0, 0.1) is 45.8 Å². The van der Waals surface area contributed by atoms with Crippen molar-refractivity contribution in [1.82, 2.24) is 0 Å². The Morgan fingerprint density at radius 3 is 2.24 bits per heavy atom. The van der Waals surface area contributed by atoms with Crippen molar-refractivity contribution >= 4 is 45.0 Å². The predicted octanol–water partition coefficient (Wildman–Crippen LogP) is 7.44. The fraction of sp³-hybridized carbons (Fsp3) is 0.794. The summed E-state index contributed by atoms with van der Waals surface area (Å²) in [7, 11) is 0. The van der Waals surface area contributed by atoms with Gasteiger partial charge < -0.3 is 19.7 Å². The SMILES string of the molecule is CC(=O)OCOC(=O)/C(CCC(Br)=C(C)C)=C1\[C@@H](C(C)=S)C[C@@]2(C)[C@H]1C[C@@H](O)C1[C@]2(C)CC[C@H]2[C@H](C)[C@H](O)CC[C@]12C. The smallest absolute Gasteiger partial charge is 0.336 e. The molecule has 2 N–H and O–H groups in total. The standard InChI is InChI=1S/C34H51BrO6S/c1-18(2)26(35)10-9-22(31(39)41-17-40-21(5)36)29-23(20(4)42)16-34(8)25(29)15-28(38)30-32(6)13-12-27(37)19(3)24(32)11-14-33(30,34)7/h19,23-25,27-28,30,37-38H,9-17H2,1-8H3/b29-22+/t19-,23+,24-,25-,27+,28+,30?,32-,33-,34-/m0/s1. The number of rotatable bonds is 7. The minimum Gasteiger partial charge on any atom is -0.428 e. The summed E-state index contributed by atoms with van der Waals surface area (Å²) in [6, 6.07) is 0. The van der Waals surface area contributed by atoms with E-state index in [1.165, 1.54) is 6.92 Å². The Morgan fingerprint density at radius 1 is 0.976 bits per heavy atom. The van der Waals surface area contributed by atoms with Gasteiger partial charge in [0.1, 0.15) is 0 Å². The summed E-state index contributed by atoms with van der Waals surface area (Å²) in [6.45, 7) is 16.2. The van der Waals surface area contributed by atoms with Crippen LogP contribution in [0.1, 0.15) is 107 Å². The normalized spacial score (nSPS) is 42.0. The average molecular weight is 668 g/mol. The lowest BCUT2D eigenvalue weighted by Crippen LogP contribution is -2.65. The maximum Gasteiger partial charge on any atom is 0.336 e. The zero-order valence-corrected chi connectivity index (χ0v) is 29.1. The molecule has 0 aromatic carbocycles. The summed E-state index contributed by atoms with van der Waals surface area (Å²) < 4.78 is 11.5. The second kappa shape index (κ2) is 12.4. The number of hydrogen-bond donors (Lipinski definition) is 2. The van der Waals surface area contributed by atoms with Gasteiger partial charge in [-0.15, -0.1) is 0 Å². The molecule has 0 aliphatic heterocycles. The van der Waals surface area contributed by atoms with Crippen molar-refractivity contribution in [1.29, 1.82) is 0 Å². The number of carbonyl (C=O) groups is 2. The first kappa shape index (κ1) is 33.8. The lowest BCUT2D eigenvalue weighted by molar-refractivity contribution is -0.233. The van der Waals surface area contributed by atoms with Crippen LogP contribution in [-0.4, -0.2) is 46.0 Å². The van der Waals surface area contributed by atoms with E-state index in [4.69, 9.17) is 21.7 Å². The number of aliphatic hydroxyl groups excluding tert-OH is 2. The Bertz CT molecular complexity index is 1170. The highest BCUT2D eigenvalue weighted by Gasteiger charge is 2.70. The summed E-state index contributed by atoms with van der Waals surface area (Å²) in [5, 5.41) is 22.9. The number of allylic oxidation sites excluding steroid dienone is 3. The van der Waals surface area contributed by atoms with Gasteiger partial charge in [0.15, 0.2) is 0 Å². The highest BCUT2D eigenvalue weighted by atomic mass is 79.9. The molecule has 0 spiro atoms. The molecule has 42 heavy (non-hydrogen) atoms. The van der Waals surface area contributed by atoms with Crippen molar-refractivity contribution in [2.24, 2.45) is 45.8 Å². The second-order valence-electron chi connectivity index (χ2n) is 14.7. The molecule has 4 rings (SSSR count). The minimum atomic E-state index is -0.523. The van der Waals surface area contributed by atoms with E-state index in [2.05, 4.69) is 43.6 Å². The molecular formula is C34H51BrO6S. The van der Waals surface area contributed by atoms with Gasteiger partial charge in [0, 0.05) is 18.4 Å². The van der Waals surface area contributed by atoms with Gasteiger partial charge in [0.05, 0.1) is 12.2 Å². The summed E-state index contributed by atoms with van der Waals surface area (Å²) in [5.41, 5.74) is 2.36. The molecule has 0 bridgehead atoms. The van der Waals surface area contributed by atoms with Crippen molar-refractivity contribution in [2.75, 3.05) is 6.79 Å². The third-order valence-electron chi connectivity index (χ3n) is 12.4. The van der Waals surface area contributed by atoms with E-state index in [-0.39, 0.29) is 46.0 Å². The Hall–Kier alpha value is -1.09. The number of aliphatic hydroxyl groups is 2. The van der Waals surface area contributed by atoms with Crippen LogP contribution in [0.2, 0.25) is 0 Å². The number of thiocarbonyl (C=S) groups is 1. The van der Waals surface area contributed by atoms with Gasteiger partial charge in [-0.25, -0.2) is 4.79 Å². The van der Waals surface area contributed by atoms with E-state index >= 15 is 0 Å². The zero-order valence-electron chi connectivity index (χ0n) is 26.7. The molecule has 4 fully saturated rings. The highest BCUT2D eigenvalue weighted by molar-refractivity contribution is 9.11. The molecule has 6 nitrogen and oxygen atoms in total. The van der Waals surface area contributed by atoms with Crippen LogP contribution >= 0.6 is 28.1 Å². The van der Waals surface area contributed by atoms with Gasteiger partial charge >= 0.3 is 11.9 Å². The third-order valence-corrected chi connectivity index (χ3v) is 13.9. The average Bonchev–Trinajstić information content (AvgIpc) is 3.20. The Balaban J connectivity index is 1.82. The molecule has 4 saturated carbocycles. The number of esters is 2. The van der Waals surface area contributed by atoms with E-state index in [9.17, 15) is 19.8 Å². The second-order valence-corrected chi connectivity index (χ2v) is 16.3. The van der Waals surface area contributed by atoms with Crippen molar-refractivity contribution in [3.8, 4) is 0 Å². The zero-order chi connectivity index (χ0) is 31.4. The number of hydrogen-bond acceptors (Lipinski definition) is 7. The first-order valence-electron chi connectivity index (χ1n) is 15.7. The van der Waals surface area contributed by atoms with Gasteiger partial charge in [-0.05, 0) is 127 Å². The van der Waals surface area contributed by atoms with Crippen molar-refractivity contribution < 1.29 is 29.3 Å². The fourth-order valence-electron chi connectivity index (χ4n) is 10.1.